The van der Waals surface area contributed by atoms with Crippen molar-refractivity contribution in [2.75, 3.05) is 0 Å². The third-order valence-corrected chi connectivity index (χ3v) is 6.26. The highest BCUT2D eigenvalue weighted by molar-refractivity contribution is 5.48. The molecule has 34 heavy (non-hydrogen) atoms. The summed E-state index contributed by atoms with van der Waals surface area (Å²) in [6.45, 7) is 0. The molecule has 3 heteroatoms. The zero-order valence-corrected chi connectivity index (χ0v) is 18.6. The Bertz CT molecular complexity index is 1170. The molecule has 5 aromatic rings. The molecule has 0 radical (unpaired) electrons. The summed E-state index contributed by atoms with van der Waals surface area (Å²) in [5, 5.41) is 24.4. The number of hydrogen-bond donors (Lipinski definition) is 2. The van der Waals surface area contributed by atoms with Crippen LogP contribution in [0.2, 0.25) is 0 Å². The van der Waals surface area contributed by atoms with Gasteiger partial charge in [0.15, 0.2) is 11.2 Å². The molecular formula is C31H25NO2. The Balaban J connectivity index is 1.74. The van der Waals surface area contributed by atoms with Crippen LogP contribution in [0.15, 0.2) is 140 Å². The smallest absolute Gasteiger partial charge is 0.157 e. The van der Waals surface area contributed by atoms with E-state index in [1.165, 1.54) is 0 Å². The molecule has 0 aliphatic carbocycles. The van der Waals surface area contributed by atoms with Gasteiger partial charge in [0.25, 0.3) is 0 Å². The molecule has 0 aliphatic heterocycles. The third-order valence-electron chi connectivity index (χ3n) is 6.26. The molecule has 0 bridgehead atoms. The fraction of sp³-hybridized carbons (Fsp3) is 0.0645. The second-order valence-electron chi connectivity index (χ2n) is 8.29. The van der Waals surface area contributed by atoms with Gasteiger partial charge in [0.05, 0.1) is 11.4 Å². The van der Waals surface area contributed by atoms with Gasteiger partial charge in [-0.3, -0.25) is 4.98 Å². The number of hydrogen-bond acceptors (Lipinski definition) is 3. The molecule has 2 N–H and O–H groups in total. The molecule has 0 saturated carbocycles. The minimum absolute atomic E-state index is 0.438. The van der Waals surface area contributed by atoms with Crippen LogP contribution in [0, 0.1) is 0 Å². The van der Waals surface area contributed by atoms with Gasteiger partial charge in [-0.25, -0.2) is 0 Å². The molecule has 1 aromatic heterocycles. The number of pyridine rings is 1. The van der Waals surface area contributed by atoms with Crippen LogP contribution in [-0.2, 0) is 11.2 Å². The lowest BCUT2D eigenvalue weighted by Crippen LogP contribution is -2.34. The van der Waals surface area contributed by atoms with Crippen LogP contribution in [-0.4, -0.2) is 15.2 Å². The zero-order chi connectivity index (χ0) is 23.4. The molecule has 0 unspecified atom stereocenters. The number of rotatable bonds is 6. The van der Waals surface area contributed by atoms with Gasteiger partial charge in [-0.15, -0.1) is 0 Å². The lowest BCUT2D eigenvalue weighted by Gasteiger charge is -2.32. The van der Waals surface area contributed by atoms with E-state index in [1.54, 1.807) is 12.1 Å². The molecule has 0 spiro atoms. The maximum atomic E-state index is 12.2. The average Bonchev–Trinajstić information content (AvgIpc) is 2.94. The van der Waals surface area contributed by atoms with Crippen LogP contribution >= 0.6 is 0 Å². The third kappa shape index (κ3) is 3.71. The second-order valence-corrected chi connectivity index (χ2v) is 8.29. The van der Waals surface area contributed by atoms with Crippen LogP contribution in [0.4, 0.5) is 0 Å². The van der Waals surface area contributed by atoms with Gasteiger partial charge in [0, 0.05) is 0 Å². The first-order valence-electron chi connectivity index (χ1n) is 11.3. The largest absolute Gasteiger partial charge is 0.374 e. The van der Waals surface area contributed by atoms with Crippen LogP contribution in [0.3, 0.4) is 0 Å². The van der Waals surface area contributed by atoms with E-state index in [9.17, 15) is 10.2 Å². The Labute approximate surface area is 199 Å². The van der Waals surface area contributed by atoms with E-state index >= 15 is 0 Å². The topological polar surface area (TPSA) is 53.4 Å². The van der Waals surface area contributed by atoms with E-state index in [0.29, 0.717) is 33.6 Å². The Morgan fingerprint density at radius 3 is 0.882 bits per heavy atom. The number of aromatic nitrogens is 1. The number of aliphatic hydroxyl groups is 2. The highest BCUT2D eigenvalue weighted by Crippen LogP contribution is 2.39. The van der Waals surface area contributed by atoms with Crippen molar-refractivity contribution in [1.29, 1.82) is 0 Å². The van der Waals surface area contributed by atoms with Crippen molar-refractivity contribution in [3.05, 3.63) is 173 Å². The van der Waals surface area contributed by atoms with Gasteiger partial charge in [-0.05, 0) is 34.4 Å². The molecule has 0 saturated heterocycles. The summed E-state index contributed by atoms with van der Waals surface area (Å²) in [5.74, 6) is 0. The lowest BCUT2D eigenvalue weighted by molar-refractivity contribution is 0.109. The molecule has 1 heterocycles. The lowest BCUT2D eigenvalue weighted by atomic mass is 9.81. The highest BCUT2D eigenvalue weighted by Gasteiger charge is 2.39. The van der Waals surface area contributed by atoms with E-state index in [1.807, 2.05) is 127 Å². The van der Waals surface area contributed by atoms with Gasteiger partial charge in [-0.1, -0.05) is 127 Å². The molecule has 0 amide bonds. The summed E-state index contributed by atoms with van der Waals surface area (Å²) in [5.41, 5.74) is 0.699. The van der Waals surface area contributed by atoms with Crippen molar-refractivity contribution in [3.63, 3.8) is 0 Å². The predicted molar refractivity (Wildman–Crippen MR) is 134 cm³/mol. The first-order valence-corrected chi connectivity index (χ1v) is 11.3. The number of benzene rings is 4. The van der Waals surface area contributed by atoms with E-state index < -0.39 is 11.2 Å². The molecule has 4 aromatic carbocycles. The monoisotopic (exact) mass is 443 g/mol. The summed E-state index contributed by atoms with van der Waals surface area (Å²) in [4.78, 5) is 4.92. The Kier molecular flexibility index (Phi) is 5.81. The maximum Gasteiger partial charge on any atom is 0.157 e. The summed E-state index contributed by atoms with van der Waals surface area (Å²) in [6.07, 6.45) is 0. The molecule has 0 fully saturated rings. The van der Waals surface area contributed by atoms with Crippen LogP contribution in [0.25, 0.3) is 0 Å². The van der Waals surface area contributed by atoms with Crippen molar-refractivity contribution in [2.45, 2.75) is 11.2 Å². The minimum atomic E-state index is -1.49. The zero-order valence-electron chi connectivity index (χ0n) is 18.6. The fourth-order valence-corrected chi connectivity index (χ4v) is 4.48. The normalized spacial score (nSPS) is 11.8. The molecule has 0 atom stereocenters. The second kappa shape index (κ2) is 9.06. The SMILES string of the molecule is OC(c1ccccc1)(c1ccccc1)c1cccc(C(O)(c2ccccc2)c2ccccc2)n1. The Hall–Kier alpha value is -4.05. The summed E-state index contributed by atoms with van der Waals surface area (Å²) >= 11 is 0. The first-order chi connectivity index (χ1) is 16.6. The average molecular weight is 444 g/mol. The van der Waals surface area contributed by atoms with Crippen molar-refractivity contribution < 1.29 is 10.2 Å². The van der Waals surface area contributed by atoms with Crippen molar-refractivity contribution in [3.8, 4) is 0 Å². The van der Waals surface area contributed by atoms with Gasteiger partial charge in [0.1, 0.15) is 0 Å². The van der Waals surface area contributed by atoms with E-state index in [4.69, 9.17) is 4.98 Å². The fourth-order valence-electron chi connectivity index (χ4n) is 4.48. The first kappa shape index (κ1) is 21.8. The summed E-state index contributed by atoms with van der Waals surface area (Å²) < 4.78 is 0. The molecule has 5 rings (SSSR count). The van der Waals surface area contributed by atoms with Crippen LogP contribution < -0.4 is 0 Å². The summed E-state index contributed by atoms with van der Waals surface area (Å²) in [6, 6.07) is 43.5. The van der Waals surface area contributed by atoms with E-state index in [0.717, 1.165) is 0 Å². The predicted octanol–water partition coefficient (Wildman–Crippen LogP) is 5.65. The van der Waals surface area contributed by atoms with Crippen LogP contribution in [0.5, 0.6) is 0 Å². The molecule has 166 valence electrons. The van der Waals surface area contributed by atoms with Gasteiger partial charge in [0.2, 0.25) is 0 Å². The molecule has 3 nitrogen and oxygen atoms in total. The molecular weight excluding hydrogens is 418 g/mol. The maximum absolute atomic E-state index is 12.2. The van der Waals surface area contributed by atoms with Gasteiger partial charge < -0.3 is 10.2 Å². The molecule has 0 aliphatic rings. The van der Waals surface area contributed by atoms with E-state index in [-0.39, 0.29) is 0 Å². The number of nitrogens with zero attached hydrogens (tertiary/aromatic N) is 1. The Morgan fingerprint density at radius 1 is 0.353 bits per heavy atom. The van der Waals surface area contributed by atoms with E-state index in [2.05, 4.69) is 0 Å². The standard InChI is InChI=1S/C31H25NO2/c33-30(24-14-5-1-6-15-24,25-16-7-2-8-17-25)28-22-13-23-29(32-28)31(34,26-18-9-3-10-19-26)27-20-11-4-12-21-27/h1-23,33-34H. The Morgan fingerprint density at radius 2 is 0.618 bits per heavy atom. The van der Waals surface area contributed by atoms with Crippen LogP contribution in [0.1, 0.15) is 33.6 Å². The van der Waals surface area contributed by atoms with Crippen molar-refractivity contribution >= 4 is 0 Å². The van der Waals surface area contributed by atoms with Crippen molar-refractivity contribution in [2.24, 2.45) is 0 Å². The van der Waals surface area contributed by atoms with Crippen molar-refractivity contribution in [1.82, 2.24) is 4.98 Å². The minimum Gasteiger partial charge on any atom is -0.374 e. The van der Waals surface area contributed by atoms with Gasteiger partial charge in [-0.2, -0.15) is 0 Å². The van der Waals surface area contributed by atoms with Gasteiger partial charge >= 0.3 is 0 Å². The quantitative estimate of drug-likeness (QED) is 0.357. The summed E-state index contributed by atoms with van der Waals surface area (Å²) in [7, 11) is 0. The highest BCUT2D eigenvalue weighted by atomic mass is 16.3.